The van der Waals surface area contributed by atoms with Crippen molar-refractivity contribution in [2.45, 2.75) is 40.2 Å². The maximum absolute atomic E-state index is 11.0. The monoisotopic (exact) mass is 287 g/mol. The standard InChI is InChI=1S/C16H21N3O2/c1-10(2)7-11(3)18-16-8-12(4)17-15-6-5-13(19(20)21)9-14(15)16/h5-6,8-11H,7H2,1-4H3,(H,17,18). The Morgan fingerprint density at radius 1 is 1.29 bits per heavy atom. The second-order valence-corrected chi connectivity index (χ2v) is 5.94. The molecule has 0 amide bonds. The van der Waals surface area contributed by atoms with E-state index in [1.165, 1.54) is 6.07 Å². The summed E-state index contributed by atoms with van der Waals surface area (Å²) in [6.45, 7) is 8.41. The number of aromatic nitrogens is 1. The molecule has 0 saturated heterocycles. The second kappa shape index (κ2) is 6.08. The Balaban J connectivity index is 2.45. The first kappa shape index (κ1) is 15.2. The van der Waals surface area contributed by atoms with Gasteiger partial charge in [0.1, 0.15) is 0 Å². The van der Waals surface area contributed by atoms with Crippen LogP contribution in [0, 0.1) is 23.0 Å². The molecule has 1 aromatic heterocycles. The summed E-state index contributed by atoms with van der Waals surface area (Å²) in [5, 5.41) is 15.2. The fraction of sp³-hybridized carbons (Fsp3) is 0.438. The Bertz CT molecular complexity index is 668. The number of hydrogen-bond acceptors (Lipinski definition) is 4. The van der Waals surface area contributed by atoms with Gasteiger partial charge in [0.15, 0.2) is 0 Å². The number of hydrogen-bond donors (Lipinski definition) is 1. The number of benzene rings is 1. The van der Waals surface area contributed by atoms with Crippen molar-refractivity contribution in [2.24, 2.45) is 5.92 Å². The number of rotatable bonds is 5. The van der Waals surface area contributed by atoms with Gasteiger partial charge in [-0.1, -0.05) is 13.8 Å². The van der Waals surface area contributed by atoms with E-state index in [2.05, 4.69) is 31.1 Å². The van der Waals surface area contributed by atoms with Gasteiger partial charge < -0.3 is 5.32 Å². The third-order valence-corrected chi connectivity index (χ3v) is 3.36. The zero-order chi connectivity index (χ0) is 15.6. The molecule has 0 bridgehead atoms. The van der Waals surface area contributed by atoms with Gasteiger partial charge in [-0.05, 0) is 38.3 Å². The Morgan fingerprint density at radius 3 is 2.62 bits per heavy atom. The molecule has 0 aliphatic heterocycles. The first-order valence-electron chi connectivity index (χ1n) is 7.19. The lowest BCUT2D eigenvalue weighted by Gasteiger charge is -2.19. The molecule has 0 aliphatic carbocycles. The van der Waals surface area contributed by atoms with E-state index in [4.69, 9.17) is 0 Å². The Morgan fingerprint density at radius 2 is 2.00 bits per heavy atom. The van der Waals surface area contributed by atoms with Crippen LogP contribution >= 0.6 is 0 Å². The highest BCUT2D eigenvalue weighted by molar-refractivity contribution is 5.93. The molecule has 2 aromatic rings. The average molecular weight is 287 g/mol. The summed E-state index contributed by atoms with van der Waals surface area (Å²) >= 11 is 0. The quantitative estimate of drug-likeness (QED) is 0.657. The summed E-state index contributed by atoms with van der Waals surface area (Å²) in [5.41, 5.74) is 2.68. The highest BCUT2D eigenvalue weighted by atomic mass is 16.6. The maximum Gasteiger partial charge on any atom is 0.270 e. The van der Waals surface area contributed by atoms with Crippen molar-refractivity contribution < 1.29 is 4.92 Å². The highest BCUT2D eigenvalue weighted by Gasteiger charge is 2.12. The molecular weight excluding hydrogens is 266 g/mol. The summed E-state index contributed by atoms with van der Waals surface area (Å²) in [6, 6.07) is 7.04. The van der Waals surface area contributed by atoms with Gasteiger partial charge in [0.05, 0.1) is 10.4 Å². The molecule has 1 unspecified atom stereocenters. The number of pyridine rings is 1. The smallest absolute Gasteiger partial charge is 0.270 e. The van der Waals surface area contributed by atoms with Gasteiger partial charge in [0.25, 0.3) is 5.69 Å². The van der Waals surface area contributed by atoms with Crippen LogP contribution < -0.4 is 5.32 Å². The molecular formula is C16H21N3O2. The zero-order valence-corrected chi connectivity index (χ0v) is 12.9. The summed E-state index contributed by atoms with van der Waals surface area (Å²) in [4.78, 5) is 15.0. The second-order valence-electron chi connectivity index (χ2n) is 5.94. The van der Waals surface area contributed by atoms with Crippen LogP contribution in [-0.2, 0) is 0 Å². The first-order valence-corrected chi connectivity index (χ1v) is 7.19. The van der Waals surface area contributed by atoms with E-state index < -0.39 is 0 Å². The summed E-state index contributed by atoms with van der Waals surface area (Å²) in [6.07, 6.45) is 1.04. The molecule has 2 rings (SSSR count). The van der Waals surface area contributed by atoms with Crippen LogP contribution in [0.5, 0.6) is 0 Å². The van der Waals surface area contributed by atoms with Crippen molar-refractivity contribution in [3.8, 4) is 0 Å². The van der Waals surface area contributed by atoms with Gasteiger partial charge in [0.2, 0.25) is 0 Å². The molecule has 112 valence electrons. The molecule has 1 aromatic carbocycles. The van der Waals surface area contributed by atoms with Crippen LogP contribution in [0.25, 0.3) is 10.9 Å². The van der Waals surface area contributed by atoms with E-state index in [0.717, 1.165) is 28.7 Å². The lowest BCUT2D eigenvalue weighted by Crippen LogP contribution is -2.17. The van der Waals surface area contributed by atoms with Gasteiger partial charge in [-0.15, -0.1) is 0 Å². The van der Waals surface area contributed by atoms with Crippen molar-refractivity contribution >= 4 is 22.3 Å². The third kappa shape index (κ3) is 3.68. The molecule has 0 radical (unpaired) electrons. The molecule has 5 heteroatoms. The number of non-ortho nitro benzene ring substituents is 1. The predicted octanol–water partition coefficient (Wildman–Crippen LogP) is 4.30. The average Bonchev–Trinajstić information content (AvgIpc) is 2.36. The number of nitrogens with one attached hydrogen (secondary N) is 1. The van der Waals surface area contributed by atoms with Crippen molar-refractivity contribution in [3.63, 3.8) is 0 Å². The van der Waals surface area contributed by atoms with Crippen molar-refractivity contribution in [3.05, 3.63) is 40.1 Å². The van der Waals surface area contributed by atoms with Crippen LogP contribution in [0.1, 0.15) is 32.9 Å². The molecule has 1 heterocycles. The number of nitro benzene ring substituents is 1. The molecule has 0 aliphatic rings. The zero-order valence-electron chi connectivity index (χ0n) is 12.9. The SMILES string of the molecule is Cc1cc(NC(C)CC(C)C)c2cc([N+](=O)[O-])ccc2n1. The minimum atomic E-state index is -0.374. The van der Waals surface area contributed by atoms with Gasteiger partial charge in [-0.25, -0.2) is 0 Å². The number of anilines is 1. The van der Waals surface area contributed by atoms with Crippen LogP contribution in [0.2, 0.25) is 0 Å². The van der Waals surface area contributed by atoms with Gasteiger partial charge >= 0.3 is 0 Å². The summed E-state index contributed by atoms with van der Waals surface area (Å²) in [7, 11) is 0. The lowest BCUT2D eigenvalue weighted by atomic mass is 10.0. The van der Waals surface area contributed by atoms with Crippen LogP contribution in [0.15, 0.2) is 24.3 Å². The van der Waals surface area contributed by atoms with Crippen molar-refractivity contribution in [1.82, 2.24) is 4.98 Å². The molecule has 0 spiro atoms. The number of fused-ring (bicyclic) bond motifs is 1. The van der Waals surface area contributed by atoms with Crippen LogP contribution in [0.4, 0.5) is 11.4 Å². The minimum absolute atomic E-state index is 0.0905. The Hall–Kier alpha value is -2.17. The van der Waals surface area contributed by atoms with Crippen LogP contribution in [0.3, 0.4) is 0 Å². The Kier molecular flexibility index (Phi) is 4.40. The highest BCUT2D eigenvalue weighted by Crippen LogP contribution is 2.28. The van der Waals surface area contributed by atoms with Crippen molar-refractivity contribution in [2.75, 3.05) is 5.32 Å². The van der Waals surface area contributed by atoms with E-state index >= 15 is 0 Å². The molecule has 1 N–H and O–H groups in total. The number of nitrogens with zero attached hydrogens (tertiary/aromatic N) is 2. The Labute approximate surface area is 124 Å². The molecule has 21 heavy (non-hydrogen) atoms. The fourth-order valence-electron chi connectivity index (χ4n) is 2.61. The fourth-order valence-corrected chi connectivity index (χ4v) is 2.61. The van der Waals surface area contributed by atoms with Gasteiger partial charge in [0, 0.05) is 34.9 Å². The van der Waals surface area contributed by atoms with E-state index in [9.17, 15) is 10.1 Å². The van der Waals surface area contributed by atoms with Crippen LogP contribution in [-0.4, -0.2) is 15.9 Å². The van der Waals surface area contributed by atoms with E-state index in [-0.39, 0.29) is 10.6 Å². The molecule has 0 saturated carbocycles. The number of aryl methyl sites for hydroxylation is 1. The van der Waals surface area contributed by atoms with E-state index in [1.54, 1.807) is 12.1 Å². The lowest BCUT2D eigenvalue weighted by molar-refractivity contribution is -0.384. The maximum atomic E-state index is 11.0. The van der Waals surface area contributed by atoms with Gasteiger partial charge in [-0.2, -0.15) is 0 Å². The summed E-state index contributed by atoms with van der Waals surface area (Å²) < 4.78 is 0. The number of nitro groups is 1. The summed E-state index contributed by atoms with van der Waals surface area (Å²) in [5.74, 6) is 0.594. The topological polar surface area (TPSA) is 68.1 Å². The molecule has 0 fully saturated rings. The van der Waals surface area contributed by atoms with E-state index in [0.29, 0.717) is 12.0 Å². The first-order chi connectivity index (χ1) is 9.86. The minimum Gasteiger partial charge on any atom is -0.382 e. The molecule has 1 atom stereocenters. The normalized spacial score (nSPS) is 12.6. The predicted molar refractivity (Wildman–Crippen MR) is 85.7 cm³/mol. The van der Waals surface area contributed by atoms with E-state index in [1.807, 2.05) is 13.0 Å². The largest absolute Gasteiger partial charge is 0.382 e. The van der Waals surface area contributed by atoms with Crippen molar-refractivity contribution in [1.29, 1.82) is 0 Å². The third-order valence-electron chi connectivity index (χ3n) is 3.36. The molecule has 5 nitrogen and oxygen atoms in total. The van der Waals surface area contributed by atoms with Gasteiger partial charge in [-0.3, -0.25) is 15.1 Å².